The second-order valence-corrected chi connectivity index (χ2v) is 9.59. The van der Waals surface area contributed by atoms with Crippen LogP contribution in [-0.4, -0.2) is 66.4 Å². The largest absolute Gasteiger partial charge is 0.454 e. The van der Waals surface area contributed by atoms with Crippen LogP contribution >= 0.6 is 0 Å². The van der Waals surface area contributed by atoms with E-state index in [1.807, 2.05) is 18.2 Å². The van der Waals surface area contributed by atoms with E-state index >= 15 is 0 Å². The second-order valence-electron chi connectivity index (χ2n) is 7.71. The lowest BCUT2D eigenvalue weighted by Crippen LogP contribution is -2.42. The Bertz CT molecular complexity index is 1100. The molecule has 1 saturated heterocycles. The third-order valence-corrected chi connectivity index (χ3v) is 7.82. The van der Waals surface area contributed by atoms with Gasteiger partial charge in [0.2, 0.25) is 16.8 Å². The monoisotopic (exact) mass is 449 g/mol. The van der Waals surface area contributed by atoms with Gasteiger partial charge < -0.3 is 19.7 Å². The fourth-order valence-electron chi connectivity index (χ4n) is 3.93. The van der Waals surface area contributed by atoms with E-state index in [-0.39, 0.29) is 24.3 Å². The third kappa shape index (κ3) is 4.19. The van der Waals surface area contributed by atoms with Crippen molar-refractivity contribution in [2.24, 2.45) is 7.05 Å². The number of hydrogen-bond donors (Lipinski definition) is 1. The molecule has 0 bridgehead atoms. The molecule has 2 aromatic rings. The summed E-state index contributed by atoms with van der Waals surface area (Å²) in [5.74, 6) is 1.37. The Kier molecular flexibility index (Phi) is 5.80. The molecule has 0 atom stereocenters. The third-order valence-electron chi connectivity index (χ3n) is 5.66. The normalized spacial score (nSPS) is 16.9. The summed E-state index contributed by atoms with van der Waals surface area (Å²) in [5.41, 5.74) is 2.00. The fourth-order valence-corrected chi connectivity index (χ4v) is 5.80. The van der Waals surface area contributed by atoms with Gasteiger partial charge in [0.15, 0.2) is 11.5 Å². The van der Waals surface area contributed by atoms with Crippen LogP contribution in [0.15, 0.2) is 23.1 Å². The molecule has 168 valence electrons. The number of hydrogen-bond acceptors (Lipinski definition) is 6. The number of carbonyl (C=O) groups is 1. The minimum atomic E-state index is -3.67. The van der Waals surface area contributed by atoms with Crippen molar-refractivity contribution in [1.82, 2.24) is 24.3 Å². The molecule has 31 heavy (non-hydrogen) atoms. The summed E-state index contributed by atoms with van der Waals surface area (Å²) >= 11 is 0. The fraction of sp³-hybridized carbons (Fsp3) is 0.500. The van der Waals surface area contributed by atoms with Crippen LogP contribution in [0.5, 0.6) is 11.5 Å². The van der Waals surface area contributed by atoms with Crippen LogP contribution in [0.1, 0.15) is 23.4 Å². The maximum Gasteiger partial charge on any atom is 0.317 e. The van der Waals surface area contributed by atoms with Crippen molar-refractivity contribution in [1.29, 1.82) is 0 Å². The zero-order chi connectivity index (χ0) is 22.2. The van der Waals surface area contributed by atoms with Gasteiger partial charge in [-0.25, -0.2) is 13.2 Å². The Morgan fingerprint density at radius 3 is 2.65 bits per heavy atom. The molecule has 4 rings (SSSR count). The van der Waals surface area contributed by atoms with Gasteiger partial charge in [-0.15, -0.1) is 0 Å². The molecule has 1 aromatic carbocycles. The van der Waals surface area contributed by atoms with Gasteiger partial charge in [0.25, 0.3) is 0 Å². The first kappa shape index (κ1) is 21.4. The van der Waals surface area contributed by atoms with Crippen molar-refractivity contribution in [3.63, 3.8) is 0 Å². The molecule has 2 aliphatic heterocycles. The van der Waals surface area contributed by atoms with Crippen LogP contribution < -0.4 is 14.8 Å². The predicted molar refractivity (Wildman–Crippen MR) is 112 cm³/mol. The molecule has 1 fully saturated rings. The van der Waals surface area contributed by atoms with Crippen LogP contribution in [0.3, 0.4) is 0 Å². The van der Waals surface area contributed by atoms with Crippen LogP contribution in [0.4, 0.5) is 4.79 Å². The number of urea groups is 1. The number of rotatable bonds is 4. The van der Waals surface area contributed by atoms with Gasteiger partial charge in [0, 0.05) is 39.8 Å². The number of carbonyl (C=O) groups excluding carboxylic acids is 1. The molecule has 0 spiro atoms. The minimum Gasteiger partial charge on any atom is -0.454 e. The van der Waals surface area contributed by atoms with E-state index in [1.54, 1.807) is 30.5 Å². The van der Waals surface area contributed by atoms with E-state index in [4.69, 9.17) is 9.47 Å². The molecule has 11 heteroatoms. The van der Waals surface area contributed by atoms with Crippen molar-refractivity contribution in [2.75, 3.05) is 33.0 Å². The Morgan fingerprint density at radius 2 is 1.90 bits per heavy atom. The summed E-state index contributed by atoms with van der Waals surface area (Å²) < 4.78 is 40.1. The molecule has 3 heterocycles. The van der Waals surface area contributed by atoms with Crippen LogP contribution in [0.25, 0.3) is 0 Å². The topological polar surface area (TPSA) is 106 Å². The Labute approximate surface area is 181 Å². The molecular formula is C20H27N5O5S. The van der Waals surface area contributed by atoms with E-state index in [0.29, 0.717) is 55.5 Å². The number of sulfonamides is 1. The maximum absolute atomic E-state index is 13.2. The van der Waals surface area contributed by atoms with Gasteiger partial charge in [-0.3, -0.25) is 4.68 Å². The molecular weight excluding hydrogens is 422 g/mol. The van der Waals surface area contributed by atoms with E-state index in [9.17, 15) is 13.2 Å². The maximum atomic E-state index is 13.2. The highest BCUT2D eigenvalue weighted by Crippen LogP contribution is 2.32. The standard InChI is InChI=1S/C20H27N5O5S/c1-14-19(15(2)23(3)22-14)31(27,28)25-8-4-7-24(9-10-25)20(26)21-12-16-5-6-17-18(11-16)30-13-29-17/h5-6,11H,4,7-10,12-13H2,1-3H3,(H,21,26). The van der Waals surface area contributed by atoms with Crippen molar-refractivity contribution < 1.29 is 22.7 Å². The zero-order valence-corrected chi connectivity index (χ0v) is 18.7. The van der Waals surface area contributed by atoms with E-state index in [2.05, 4.69) is 10.4 Å². The lowest BCUT2D eigenvalue weighted by Gasteiger charge is -2.22. The highest BCUT2D eigenvalue weighted by molar-refractivity contribution is 7.89. The number of nitrogens with zero attached hydrogens (tertiary/aromatic N) is 4. The van der Waals surface area contributed by atoms with Crippen molar-refractivity contribution in [3.8, 4) is 11.5 Å². The zero-order valence-electron chi connectivity index (χ0n) is 17.9. The molecule has 1 N–H and O–H groups in total. The molecule has 10 nitrogen and oxygen atoms in total. The smallest absolute Gasteiger partial charge is 0.317 e. The number of benzene rings is 1. The molecule has 0 radical (unpaired) electrons. The van der Waals surface area contributed by atoms with Gasteiger partial charge >= 0.3 is 6.03 Å². The lowest BCUT2D eigenvalue weighted by molar-refractivity contribution is 0.174. The lowest BCUT2D eigenvalue weighted by atomic mass is 10.2. The molecule has 2 aliphatic rings. The first-order valence-corrected chi connectivity index (χ1v) is 11.6. The number of amides is 2. The van der Waals surface area contributed by atoms with E-state index in [0.717, 1.165) is 5.56 Å². The van der Waals surface area contributed by atoms with Crippen LogP contribution in [-0.2, 0) is 23.6 Å². The van der Waals surface area contributed by atoms with Crippen LogP contribution in [0, 0.1) is 13.8 Å². The molecule has 0 saturated carbocycles. The van der Waals surface area contributed by atoms with Crippen LogP contribution in [0.2, 0.25) is 0 Å². The van der Waals surface area contributed by atoms with Crippen molar-refractivity contribution in [3.05, 3.63) is 35.2 Å². The summed E-state index contributed by atoms with van der Waals surface area (Å²) in [5, 5.41) is 7.14. The van der Waals surface area contributed by atoms with Gasteiger partial charge in [0.05, 0.1) is 11.4 Å². The molecule has 0 unspecified atom stereocenters. The van der Waals surface area contributed by atoms with E-state index < -0.39 is 10.0 Å². The Morgan fingerprint density at radius 1 is 1.13 bits per heavy atom. The SMILES string of the molecule is Cc1nn(C)c(C)c1S(=O)(=O)N1CCCN(C(=O)NCc2ccc3c(c2)OCO3)CC1. The number of ether oxygens (including phenoxy) is 2. The van der Waals surface area contributed by atoms with Crippen molar-refractivity contribution in [2.45, 2.75) is 31.7 Å². The van der Waals surface area contributed by atoms with Crippen molar-refractivity contribution >= 4 is 16.1 Å². The summed E-state index contributed by atoms with van der Waals surface area (Å²) in [7, 11) is -1.94. The first-order chi connectivity index (χ1) is 14.8. The number of fused-ring (bicyclic) bond motifs is 1. The number of aryl methyl sites for hydroxylation is 2. The highest BCUT2D eigenvalue weighted by atomic mass is 32.2. The second kappa shape index (κ2) is 8.39. The molecule has 2 amide bonds. The quantitative estimate of drug-likeness (QED) is 0.756. The average Bonchev–Trinajstić information content (AvgIpc) is 3.18. The molecule has 1 aromatic heterocycles. The summed E-state index contributed by atoms with van der Waals surface area (Å²) in [6, 6.07) is 5.33. The number of aromatic nitrogens is 2. The van der Waals surface area contributed by atoms with Gasteiger partial charge in [-0.2, -0.15) is 9.40 Å². The Hall–Kier alpha value is -2.79. The van der Waals surface area contributed by atoms with E-state index in [1.165, 1.54) is 4.31 Å². The molecule has 0 aliphatic carbocycles. The van der Waals surface area contributed by atoms with Gasteiger partial charge in [0.1, 0.15) is 4.90 Å². The summed E-state index contributed by atoms with van der Waals surface area (Å²) in [6.07, 6.45) is 0.565. The van der Waals surface area contributed by atoms with Gasteiger partial charge in [-0.1, -0.05) is 6.07 Å². The summed E-state index contributed by atoms with van der Waals surface area (Å²) in [6.45, 7) is 5.43. The first-order valence-electron chi connectivity index (χ1n) is 10.2. The average molecular weight is 450 g/mol. The minimum absolute atomic E-state index is 0.205. The highest BCUT2D eigenvalue weighted by Gasteiger charge is 2.32. The summed E-state index contributed by atoms with van der Waals surface area (Å²) in [4.78, 5) is 14.6. The van der Waals surface area contributed by atoms with Gasteiger partial charge in [-0.05, 0) is 38.0 Å². The predicted octanol–water partition coefficient (Wildman–Crippen LogP) is 1.37. The number of nitrogens with one attached hydrogen (secondary N) is 1. The Balaban J connectivity index is 1.38.